The molecular weight excluding hydrogens is 244 g/mol. The summed E-state index contributed by atoms with van der Waals surface area (Å²) in [5.41, 5.74) is -0.745. The molecule has 0 saturated carbocycles. The Morgan fingerprint density at radius 1 is 1.56 bits per heavy atom. The van der Waals surface area contributed by atoms with Gasteiger partial charge in [0.15, 0.2) is 0 Å². The first-order valence-corrected chi connectivity index (χ1v) is 5.14. The minimum Gasteiger partial charge on any atom is -0.478 e. The van der Waals surface area contributed by atoms with Crippen LogP contribution in [0.1, 0.15) is 17.3 Å². The lowest BCUT2D eigenvalue weighted by molar-refractivity contribution is -0.386. The van der Waals surface area contributed by atoms with Crippen molar-refractivity contribution in [1.29, 1.82) is 0 Å². The molecule has 0 aromatic carbocycles. The van der Waals surface area contributed by atoms with Crippen LogP contribution in [0.4, 0.5) is 5.69 Å². The molecule has 0 aliphatic rings. The van der Waals surface area contributed by atoms with Crippen molar-refractivity contribution >= 4 is 11.7 Å². The maximum Gasteiger partial charge on any atom is 0.337 e. The Morgan fingerprint density at radius 2 is 2.28 bits per heavy atom. The van der Waals surface area contributed by atoms with Crippen LogP contribution in [0.5, 0.6) is 5.88 Å². The van der Waals surface area contributed by atoms with Gasteiger partial charge >= 0.3 is 11.7 Å². The van der Waals surface area contributed by atoms with Gasteiger partial charge in [-0.1, -0.05) is 0 Å². The summed E-state index contributed by atoms with van der Waals surface area (Å²) in [7, 11) is 0. The fourth-order valence-corrected chi connectivity index (χ4v) is 1.14. The van der Waals surface area contributed by atoms with Gasteiger partial charge in [-0.05, 0) is 6.92 Å². The van der Waals surface area contributed by atoms with Gasteiger partial charge in [0.05, 0.1) is 17.1 Å². The highest BCUT2D eigenvalue weighted by molar-refractivity contribution is 5.88. The number of carbonyl (C=O) groups is 1. The number of carboxylic acid groups (broad SMARTS) is 1. The first kappa shape index (κ1) is 13.8. The lowest BCUT2D eigenvalue weighted by Gasteiger charge is -2.06. The molecule has 0 spiro atoms. The average molecular weight is 256 g/mol. The number of aromatic carboxylic acids is 1. The Labute approximate surface area is 102 Å². The molecular formula is C10H12N2O6. The first-order chi connectivity index (χ1) is 8.56. The Balaban J connectivity index is 2.83. The topological polar surface area (TPSA) is 112 Å². The largest absolute Gasteiger partial charge is 0.478 e. The van der Waals surface area contributed by atoms with Crippen molar-refractivity contribution < 1.29 is 24.3 Å². The highest BCUT2D eigenvalue weighted by Gasteiger charge is 2.20. The highest BCUT2D eigenvalue weighted by atomic mass is 16.6. The van der Waals surface area contributed by atoms with Crippen LogP contribution >= 0.6 is 0 Å². The molecule has 0 atom stereocenters. The van der Waals surface area contributed by atoms with Crippen LogP contribution in [0.15, 0.2) is 12.3 Å². The molecule has 1 aromatic rings. The molecule has 1 N–H and O–H groups in total. The SMILES string of the molecule is CCOCCOc1ncc(C(=O)O)cc1[N+](=O)[O-]. The number of aromatic nitrogens is 1. The second-order valence-corrected chi connectivity index (χ2v) is 3.16. The van der Waals surface area contributed by atoms with E-state index in [0.29, 0.717) is 6.61 Å². The summed E-state index contributed by atoms with van der Waals surface area (Å²) in [6.07, 6.45) is 1.01. The second-order valence-electron chi connectivity index (χ2n) is 3.16. The van der Waals surface area contributed by atoms with Crippen molar-refractivity contribution in [2.24, 2.45) is 0 Å². The molecule has 0 unspecified atom stereocenters. The zero-order valence-corrected chi connectivity index (χ0v) is 9.66. The molecule has 0 saturated heterocycles. The summed E-state index contributed by atoms with van der Waals surface area (Å²) in [6.45, 7) is 2.70. The van der Waals surface area contributed by atoms with E-state index in [-0.39, 0.29) is 24.7 Å². The van der Waals surface area contributed by atoms with E-state index in [0.717, 1.165) is 12.3 Å². The number of carboxylic acids is 1. The minimum absolute atomic E-state index is 0.105. The summed E-state index contributed by atoms with van der Waals surface area (Å²) < 4.78 is 10.1. The van der Waals surface area contributed by atoms with E-state index in [9.17, 15) is 14.9 Å². The quantitative estimate of drug-likeness (QED) is 0.441. The number of hydrogen-bond acceptors (Lipinski definition) is 6. The zero-order chi connectivity index (χ0) is 13.5. The van der Waals surface area contributed by atoms with Crippen LogP contribution in [-0.2, 0) is 4.74 Å². The number of nitrogens with zero attached hydrogens (tertiary/aromatic N) is 2. The third-order valence-corrected chi connectivity index (χ3v) is 1.95. The van der Waals surface area contributed by atoms with Gasteiger partial charge in [-0.3, -0.25) is 10.1 Å². The number of pyridine rings is 1. The maximum absolute atomic E-state index is 10.7. The van der Waals surface area contributed by atoms with Gasteiger partial charge in [-0.25, -0.2) is 9.78 Å². The second kappa shape index (κ2) is 6.50. The first-order valence-electron chi connectivity index (χ1n) is 5.14. The van der Waals surface area contributed by atoms with Crippen molar-refractivity contribution in [3.63, 3.8) is 0 Å². The molecule has 8 nitrogen and oxygen atoms in total. The van der Waals surface area contributed by atoms with E-state index in [4.69, 9.17) is 14.6 Å². The number of rotatable bonds is 7. The Hall–Kier alpha value is -2.22. The van der Waals surface area contributed by atoms with Gasteiger partial charge in [0.2, 0.25) is 0 Å². The minimum atomic E-state index is -1.29. The third kappa shape index (κ3) is 3.67. The van der Waals surface area contributed by atoms with Gasteiger partial charge in [-0.15, -0.1) is 0 Å². The lowest BCUT2D eigenvalue weighted by Crippen LogP contribution is -2.09. The zero-order valence-electron chi connectivity index (χ0n) is 9.66. The van der Waals surface area contributed by atoms with E-state index in [1.54, 1.807) is 0 Å². The molecule has 8 heteroatoms. The Bertz CT molecular complexity index is 448. The van der Waals surface area contributed by atoms with Crippen LogP contribution in [0, 0.1) is 10.1 Å². The number of hydrogen-bond donors (Lipinski definition) is 1. The molecule has 0 radical (unpaired) electrons. The maximum atomic E-state index is 10.7. The summed E-state index contributed by atoms with van der Waals surface area (Å²) in [4.78, 5) is 24.3. The van der Waals surface area contributed by atoms with Gasteiger partial charge in [0, 0.05) is 18.9 Å². The van der Waals surface area contributed by atoms with Crippen LogP contribution < -0.4 is 4.74 Å². The third-order valence-electron chi connectivity index (χ3n) is 1.95. The van der Waals surface area contributed by atoms with Crippen LogP contribution in [0.3, 0.4) is 0 Å². The number of nitro groups is 1. The predicted molar refractivity (Wildman–Crippen MR) is 59.8 cm³/mol. The van der Waals surface area contributed by atoms with E-state index in [1.165, 1.54) is 0 Å². The van der Waals surface area contributed by atoms with Gasteiger partial charge in [0.1, 0.15) is 6.61 Å². The summed E-state index contributed by atoms with van der Waals surface area (Å²) in [5, 5.41) is 19.5. The fourth-order valence-electron chi connectivity index (χ4n) is 1.14. The summed E-state index contributed by atoms with van der Waals surface area (Å²) in [5.74, 6) is -1.50. The molecule has 1 aromatic heterocycles. The van der Waals surface area contributed by atoms with Crippen molar-refractivity contribution in [2.75, 3.05) is 19.8 Å². The standard InChI is InChI=1S/C10H12N2O6/c1-2-17-3-4-18-9-8(12(15)16)5-7(6-11-9)10(13)14/h5-6H,2-4H2,1H3,(H,13,14). The molecule has 1 heterocycles. The van der Waals surface area contributed by atoms with E-state index >= 15 is 0 Å². The lowest BCUT2D eigenvalue weighted by atomic mass is 10.2. The molecule has 0 aliphatic heterocycles. The van der Waals surface area contributed by atoms with Crippen molar-refractivity contribution in [2.45, 2.75) is 6.92 Å². The summed E-state index contributed by atoms with van der Waals surface area (Å²) >= 11 is 0. The Kier molecular flexibility index (Phi) is 5.00. The van der Waals surface area contributed by atoms with Gasteiger partial charge in [-0.2, -0.15) is 0 Å². The summed E-state index contributed by atoms with van der Waals surface area (Å²) in [6, 6.07) is 0.908. The fraction of sp³-hybridized carbons (Fsp3) is 0.400. The smallest absolute Gasteiger partial charge is 0.337 e. The number of ether oxygens (including phenoxy) is 2. The average Bonchev–Trinajstić information content (AvgIpc) is 2.34. The molecule has 1 rings (SSSR count). The monoisotopic (exact) mass is 256 g/mol. The van der Waals surface area contributed by atoms with E-state index < -0.39 is 16.6 Å². The van der Waals surface area contributed by atoms with E-state index in [2.05, 4.69) is 4.98 Å². The highest BCUT2D eigenvalue weighted by Crippen LogP contribution is 2.24. The normalized spacial score (nSPS) is 10.1. The molecule has 0 amide bonds. The van der Waals surface area contributed by atoms with Gasteiger partial charge < -0.3 is 14.6 Å². The van der Waals surface area contributed by atoms with Gasteiger partial charge in [0.25, 0.3) is 5.88 Å². The molecule has 0 fully saturated rings. The van der Waals surface area contributed by atoms with Crippen molar-refractivity contribution in [1.82, 2.24) is 4.98 Å². The molecule has 98 valence electrons. The van der Waals surface area contributed by atoms with Crippen molar-refractivity contribution in [3.05, 3.63) is 27.9 Å². The van der Waals surface area contributed by atoms with Crippen LogP contribution in [-0.4, -0.2) is 40.8 Å². The Morgan fingerprint density at radius 3 is 2.83 bits per heavy atom. The van der Waals surface area contributed by atoms with E-state index in [1.807, 2.05) is 6.92 Å². The van der Waals surface area contributed by atoms with Crippen molar-refractivity contribution in [3.8, 4) is 5.88 Å². The molecule has 0 bridgehead atoms. The predicted octanol–water partition coefficient (Wildman–Crippen LogP) is 1.10. The molecule has 18 heavy (non-hydrogen) atoms. The molecule has 0 aliphatic carbocycles. The van der Waals surface area contributed by atoms with Crippen LogP contribution in [0.2, 0.25) is 0 Å². The van der Waals surface area contributed by atoms with Crippen LogP contribution in [0.25, 0.3) is 0 Å².